The zero-order valence-electron chi connectivity index (χ0n) is 11.3. The zero-order valence-corrected chi connectivity index (χ0v) is 12.9. The highest BCUT2D eigenvalue weighted by Crippen LogP contribution is 2.31. The third-order valence-electron chi connectivity index (χ3n) is 2.81. The van der Waals surface area contributed by atoms with Gasteiger partial charge in [-0.2, -0.15) is 5.10 Å². The summed E-state index contributed by atoms with van der Waals surface area (Å²) in [5.74, 6) is 6.38. The summed E-state index contributed by atoms with van der Waals surface area (Å²) in [5.41, 5.74) is 1.63. The van der Waals surface area contributed by atoms with Gasteiger partial charge in [-0.1, -0.05) is 35.3 Å². The summed E-state index contributed by atoms with van der Waals surface area (Å²) in [4.78, 5) is 0. The van der Waals surface area contributed by atoms with Crippen molar-refractivity contribution in [1.82, 2.24) is 0 Å². The molecule has 0 spiro atoms. The van der Waals surface area contributed by atoms with Gasteiger partial charge < -0.3 is 15.3 Å². The van der Waals surface area contributed by atoms with E-state index in [-0.39, 0.29) is 0 Å². The van der Waals surface area contributed by atoms with Gasteiger partial charge in [0.05, 0.1) is 23.4 Å². The van der Waals surface area contributed by atoms with Gasteiger partial charge in [-0.25, -0.2) is 0 Å². The number of ether oxygens (including phenoxy) is 2. The van der Waals surface area contributed by atoms with E-state index in [1.165, 1.54) is 6.21 Å². The molecule has 0 atom stereocenters. The monoisotopic (exact) mass is 324 g/mol. The van der Waals surface area contributed by atoms with Gasteiger partial charge in [0, 0.05) is 5.56 Å². The van der Waals surface area contributed by atoms with Gasteiger partial charge in [0.25, 0.3) is 0 Å². The van der Waals surface area contributed by atoms with Gasteiger partial charge in [-0.05, 0) is 29.8 Å². The van der Waals surface area contributed by atoms with Crippen LogP contribution in [-0.4, -0.2) is 13.3 Å². The Balaban J connectivity index is 2.24. The third-order valence-corrected chi connectivity index (χ3v) is 3.55. The van der Waals surface area contributed by atoms with E-state index in [0.29, 0.717) is 28.2 Å². The number of para-hydroxylation sites is 1. The minimum absolute atomic E-state index is 0.322. The van der Waals surface area contributed by atoms with Crippen molar-refractivity contribution in [3.8, 4) is 11.5 Å². The van der Waals surface area contributed by atoms with Crippen LogP contribution in [0, 0.1) is 0 Å². The molecule has 0 aliphatic carbocycles. The molecule has 2 aromatic carbocycles. The molecule has 0 aliphatic heterocycles. The highest BCUT2D eigenvalue weighted by molar-refractivity contribution is 6.42. The number of halogens is 2. The van der Waals surface area contributed by atoms with E-state index in [9.17, 15) is 0 Å². The van der Waals surface area contributed by atoms with Gasteiger partial charge in [-0.15, -0.1) is 0 Å². The molecule has 0 radical (unpaired) electrons. The lowest BCUT2D eigenvalue weighted by atomic mass is 10.2. The van der Waals surface area contributed by atoms with Gasteiger partial charge in [0.2, 0.25) is 0 Å². The summed E-state index contributed by atoms with van der Waals surface area (Å²) in [6, 6.07) is 10.8. The van der Waals surface area contributed by atoms with Crippen LogP contribution in [0.15, 0.2) is 41.5 Å². The first-order chi connectivity index (χ1) is 10.2. The summed E-state index contributed by atoms with van der Waals surface area (Å²) >= 11 is 11.9. The second-order valence-corrected chi connectivity index (χ2v) is 5.01. The van der Waals surface area contributed by atoms with Crippen LogP contribution in [0.25, 0.3) is 0 Å². The summed E-state index contributed by atoms with van der Waals surface area (Å²) < 4.78 is 11.1. The van der Waals surface area contributed by atoms with Crippen LogP contribution < -0.4 is 15.3 Å². The second kappa shape index (κ2) is 7.20. The number of nitrogens with two attached hydrogens (primary N) is 1. The zero-order chi connectivity index (χ0) is 15.2. The Kier molecular flexibility index (Phi) is 5.31. The first-order valence-electron chi connectivity index (χ1n) is 6.12. The molecule has 0 aliphatic rings. The number of hydrogen-bond donors (Lipinski definition) is 1. The van der Waals surface area contributed by atoms with Crippen molar-refractivity contribution in [3.05, 3.63) is 57.6 Å². The fraction of sp³-hybridized carbons (Fsp3) is 0.133. The van der Waals surface area contributed by atoms with Crippen molar-refractivity contribution < 1.29 is 9.47 Å². The number of nitrogens with zero attached hydrogens (tertiary/aromatic N) is 1. The lowest BCUT2D eigenvalue weighted by Gasteiger charge is -2.13. The molecule has 0 saturated carbocycles. The van der Waals surface area contributed by atoms with E-state index in [2.05, 4.69) is 5.10 Å². The van der Waals surface area contributed by atoms with Crippen LogP contribution >= 0.6 is 23.2 Å². The lowest BCUT2D eigenvalue weighted by molar-refractivity contribution is 0.284. The molecule has 21 heavy (non-hydrogen) atoms. The smallest absolute Gasteiger partial charge is 0.170 e. The maximum Gasteiger partial charge on any atom is 0.170 e. The molecule has 0 aromatic heterocycles. The highest BCUT2D eigenvalue weighted by atomic mass is 35.5. The van der Waals surface area contributed by atoms with E-state index in [4.69, 9.17) is 38.5 Å². The fourth-order valence-corrected chi connectivity index (χ4v) is 2.14. The van der Waals surface area contributed by atoms with E-state index in [1.54, 1.807) is 25.3 Å². The van der Waals surface area contributed by atoms with Crippen LogP contribution in [0.5, 0.6) is 11.5 Å². The highest BCUT2D eigenvalue weighted by Gasteiger charge is 2.10. The number of hydrazone groups is 1. The molecule has 4 nitrogen and oxygen atoms in total. The fourth-order valence-electron chi connectivity index (χ4n) is 1.81. The third kappa shape index (κ3) is 3.80. The van der Waals surface area contributed by atoms with Crippen molar-refractivity contribution >= 4 is 29.4 Å². The Morgan fingerprint density at radius 3 is 2.67 bits per heavy atom. The van der Waals surface area contributed by atoms with Crippen LogP contribution in [0.3, 0.4) is 0 Å². The lowest BCUT2D eigenvalue weighted by Crippen LogP contribution is -2.01. The van der Waals surface area contributed by atoms with Gasteiger partial charge >= 0.3 is 0 Å². The molecular weight excluding hydrogens is 311 g/mol. The summed E-state index contributed by atoms with van der Waals surface area (Å²) in [7, 11) is 1.57. The predicted molar refractivity (Wildman–Crippen MR) is 85.6 cm³/mol. The van der Waals surface area contributed by atoms with E-state index >= 15 is 0 Å². The number of methoxy groups -OCH3 is 1. The molecule has 2 aromatic rings. The van der Waals surface area contributed by atoms with Gasteiger partial charge in [0.15, 0.2) is 11.5 Å². The topological polar surface area (TPSA) is 56.8 Å². The SMILES string of the molecule is COc1cccc(C=NN)c1OCc1ccc(Cl)c(Cl)c1. The molecule has 2 rings (SSSR count). The molecule has 0 heterocycles. The Hall–Kier alpha value is -1.91. The van der Waals surface area contributed by atoms with Crippen molar-refractivity contribution in [1.29, 1.82) is 0 Å². The maximum absolute atomic E-state index is 5.99. The summed E-state index contributed by atoms with van der Waals surface area (Å²) in [6.45, 7) is 0.322. The number of rotatable bonds is 5. The average molecular weight is 325 g/mol. The van der Waals surface area contributed by atoms with Crippen LogP contribution in [0.2, 0.25) is 10.0 Å². The van der Waals surface area contributed by atoms with Crippen molar-refractivity contribution in [2.24, 2.45) is 10.9 Å². The summed E-state index contributed by atoms with van der Waals surface area (Å²) in [5, 5.41) is 4.52. The Labute approximate surface area is 133 Å². The normalized spacial score (nSPS) is 10.8. The number of hydrogen-bond acceptors (Lipinski definition) is 4. The second-order valence-electron chi connectivity index (χ2n) is 4.19. The van der Waals surface area contributed by atoms with Crippen molar-refractivity contribution in [2.45, 2.75) is 6.61 Å². The molecule has 0 amide bonds. The molecule has 0 fully saturated rings. The van der Waals surface area contributed by atoms with Crippen molar-refractivity contribution in [3.63, 3.8) is 0 Å². The van der Waals surface area contributed by atoms with Crippen LogP contribution in [0.1, 0.15) is 11.1 Å². The molecule has 110 valence electrons. The molecule has 0 bridgehead atoms. The van der Waals surface area contributed by atoms with E-state index < -0.39 is 0 Å². The summed E-state index contributed by atoms with van der Waals surface area (Å²) in [6.07, 6.45) is 1.51. The van der Waals surface area contributed by atoms with Gasteiger partial charge in [0.1, 0.15) is 6.61 Å². The molecule has 0 saturated heterocycles. The first-order valence-corrected chi connectivity index (χ1v) is 6.88. The van der Waals surface area contributed by atoms with E-state index in [1.807, 2.05) is 18.2 Å². The average Bonchev–Trinajstić information content (AvgIpc) is 2.49. The minimum atomic E-state index is 0.322. The maximum atomic E-state index is 5.99. The molecule has 0 unspecified atom stereocenters. The van der Waals surface area contributed by atoms with Crippen LogP contribution in [-0.2, 0) is 6.61 Å². The van der Waals surface area contributed by atoms with Crippen LogP contribution in [0.4, 0.5) is 0 Å². The molecule has 6 heteroatoms. The standard InChI is InChI=1S/C15H14Cl2N2O2/c1-20-14-4-2-3-11(8-19-18)15(14)21-9-10-5-6-12(16)13(17)7-10/h2-8H,9,18H2,1H3. The predicted octanol–water partition coefficient (Wildman–Crippen LogP) is 3.87. The Morgan fingerprint density at radius 1 is 1.19 bits per heavy atom. The Morgan fingerprint density at radius 2 is 2.00 bits per heavy atom. The van der Waals surface area contributed by atoms with E-state index in [0.717, 1.165) is 11.1 Å². The van der Waals surface area contributed by atoms with Gasteiger partial charge in [-0.3, -0.25) is 0 Å². The number of benzene rings is 2. The molecular formula is C15H14Cl2N2O2. The minimum Gasteiger partial charge on any atom is -0.493 e. The van der Waals surface area contributed by atoms with Crippen molar-refractivity contribution in [2.75, 3.05) is 7.11 Å². The quantitative estimate of drug-likeness (QED) is 0.516. The largest absolute Gasteiger partial charge is 0.493 e. The first kappa shape index (κ1) is 15.5. The Bertz CT molecular complexity index is 660. The molecule has 2 N–H and O–H groups in total.